The second kappa shape index (κ2) is 8.17. The Kier molecular flexibility index (Phi) is 5.93. The Labute approximate surface area is 148 Å². The summed E-state index contributed by atoms with van der Waals surface area (Å²) in [4.78, 5) is 37.6. The van der Waals surface area contributed by atoms with Gasteiger partial charge in [0.15, 0.2) is 0 Å². The Balaban J connectivity index is 1.49. The van der Waals surface area contributed by atoms with E-state index in [0.29, 0.717) is 18.3 Å². The van der Waals surface area contributed by atoms with E-state index in [1.807, 2.05) is 4.90 Å². The maximum absolute atomic E-state index is 12.8. The monoisotopic (exact) mass is 351 g/mol. The average Bonchev–Trinajstić information content (AvgIpc) is 2.91. The molecule has 2 amide bonds. The van der Waals surface area contributed by atoms with E-state index in [-0.39, 0.29) is 36.6 Å². The molecule has 3 atom stereocenters. The van der Waals surface area contributed by atoms with Gasteiger partial charge in [0.1, 0.15) is 0 Å². The molecule has 1 aliphatic carbocycles. The Bertz CT molecular complexity index is 518. The van der Waals surface area contributed by atoms with Crippen molar-refractivity contribution < 1.29 is 19.5 Å². The highest BCUT2D eigenvalue weighted by Crippen LogP contribution is 2.40. The maximum Gasteiger partial charge on any atom is 0.305 e. The van der Waals surface area contributed by atoms with Gasteiger partial charge in [-0.05, 0) is 57.0 Å². The molecule has 0 radical (unpaired) electrons. The van der Waals surface area contributed by atoms with Gasteiger partial charge in [0, 0.05) is 31.5 Å². The zero-order valence-electron chi connectivity index (χ0n) is 14.7. The van der Waals surface area contributed by atoms with E-state index in [4.69, 9.17) is 5.11 Å². The molecule has 0 aromatic heterocycles. The number of rotatable bonds is 6. The van der Waals surface area contributed by atoms with Crippen molar-refractivity contribution in [1.29, 1.82) is 0 Å². The molecule has 3 aliphatic rings. The van der Waals surface area contributed by atoms with Crippen LogP contribution in [0.5, 0.6) is 0 Å². The Morgan fingerprint density at radius 3 is 2.68 bits per heavy atom. The predicted octanol–water partition coefficient (Wildman–Crippen LogP) is 0.452. The van der Waals surface area contributed by atoms with E-state index in [1.165, 1.54) is 0 Å². The van der Waals surface area contributed by atoms with Gasteiger partial charge in [0.25, 0.3) is 0 Å². The summed E-state index contributed by atoms with van der Waals surface area (Å²) in [5.41, 5.74) is 0. The van der Waals surface area contributed by atoms with Crippen LogP contribution in [0.2, 0.25) is 0 Å². The van der Waals surface area contributed by atoms with Crippen LogP contribution in [0.4, 0.5) is 0 Å². The zero-order chi connectivity index (χ0) is 17.8. The second-order valence-corrected chi connectivity index (χ2v) is 7.75. The van der Waals surface area contributed by atoms with E-state index in [1.54, 1.807) is 0 Å². The fourth-order valence-electron chi connectivity index (χ4n) is 4.58. The summed E-state index contributed by atoms with van der Waals surface area (Å²) in [5, 5.41) is 14.7. The standard InChI is InChI=1S/C18H29N3O4/c22-16(23)5-8-20-17(24)13-1-2-14-11-21(18(25)15(14)9-13)10-12-3-6-19-7-4-12/h12-15,19H,1-11H2,(H,20,24)(H,22,23). The topological polar surface area (TPSA) is 98.7 Å². The molecular weight excluding hydrogens is 322 g/mol. The number of carbonyl (C=O) groups is 3. The van der Waals surface area contributed by atoms with Gasteiger partial charge in [-0.25, -0.2) is 0 Å². The zero-order valence-corrected chi connectivity index (χ0v) is 14.7. The van der Waals surface area contributed by atoms with E-state index in [2.05, 4.69) is 10.6 Å². The molecule has 0 aromatic carbocycles. The van der Waals surface area contributed by atoms with Crippen LogP contribution in [0.15, 0.2) is 0 Å². The van der Waals surface area contributed by atoms with Gasteiger partial charge in [-0.2, -0.15) is 0 Å². The quantitative estimate of drug-likeness (QED) is 0.645. The number of amides is 2. The fraction of sp³-hybridized carbons (Fsp3) is 0.833. The lowest BCUT2D eigenvalue weighted by Crippen LogP contribution is -2.39. The molecule has 3 rings (SSSR count). The molecule has 2 saturated heterocycles. The number of fused-ring (bicyclic) bond motifs is 1. The van der Waals surface area contributed by atoms with Crippen molar-refractivity contribution in [2.24, 2.45) is 23.7 Å². The lowest BCUT2D eigenvalue weighted by molar-refractivity contribution is -0.137. The van der Waals surface area contributed by atoms with Crippen LogP contribution in [0.3, 0.4) is 0 Å². The van der Waals surface area contributed by atoms with Crippen molar-refractivity contribution in [3.63, 3.8) is 0 Å². The van der Waals surface area contributed by atoms with Crippen LogP contribution >= 0.6 is 0 Å². The first kappa shape index (κ1) is 18.2. The van der Waals surface area contributed by atoms with Gasteiger partial charge in [0.05, 0.1) is 6.42 Å². The third kappa shape index (κ3) is 4.51. The highest BCUT2D eigenvalue weighted by molar-refractivity contribution is 5.84. The van der Waals surface area contributed by atoms with Crippen LogP contribution in [0, 0.1) is 23.7 Å². The molecule has 140 valence electrons. The van der Waals surface area contributed by atoms with Crippen molar-refractivity contribution in [3.05, 3.63) is 0 Å². The van der Waals surface area contributed by atoms with Crippen molar-refractivity contribution in [2.75, 3.05) is 32.7 Å². The largest absolute Gasteiger partial charge is 0.481 e. The minimum atomic E-state index is -0.913. The molecule has 2 heterocycles. The molecule has 2 aliphatic heterocycles. The third-order valence-corrected chi connectivity index (χ3v) is 6.02. The number of hydrogen-bond donors (Lipinski definition) is 3. The fourth-order valence-corrected chi connectivity index (χ4v) is 4.58. The number of piperidine rings is 1. The van der Waals surface area contributed by atoms with Gasteiger partial charge < -0.3 is 20.6 Å². The number of hydrogen-bond acceptors (Lipinski definition) is 4. The molecule has 3 fully saturated rings. The highest BCUT2D eigenvalue weighted by Gasteiger charge is 2.45. The van der Waals surface area contributed by atoms with Crippen molar-refractivity contribution in [3.8, 4) is 0 Å². The molecule has 0 bridgehead atoms. The summed E-state index contributed by atoms with van der Waals surface area (Å²) in [6, 6.07) is 0. The second-order valence-electron chi connectivity index (χ2n) is 7.75. The number of nitrogens with one attached hydrogen (secondary N) is 2. The first-order valence-electron chi connectivity index (χ1n) is 9.53. The van der Waals surface area contributed by atoms with Gasteiger partial charge in [-0.3, -0.25) is 14.4 Å². The third-order valence-electron chi connectivity index (χ3n) is 6.02. The van der Waals surface area contributed by atoms with Crippen molar-refractivity contribution >= 4 is 17.8 Å². The molecule has 7 heteroatoms. The van der Waals surface area contributed by atoms with E-state index < -0.39 is 5.97 Å². The number of aliphatic carboxylic acids is 1. The SMILES string of the molecule is O=C(O)CCNC(=O)C1CCC2CN(CC3CCNCC3)C(=O)C2C1. The van der Waals surface area contributed by atoms with Gasteiger partial charge in [0.2, 0.25) is 11.8 Å². The smallest absolute Gasteiger partial charge is 0.305 e. The minimum Gasteiger partial charge on any atom is -0.481 e. The first-order chi connectivity index (χ1) is 12.0. The van der Waals surface area contributed by atoms with Gasteiger partial charge in [-0.1, -0.05) is 0 Å². The molecular formula is C18H29N3O4. The Morgan fingerprint density at radius 2 is 1.96 bits per heavy atom. The van der Waals surface area contributed by atoms with E-state index >= 15 is 0 Å². The molecule has 25 heavy (non-hydrogen) atoms. The lowest BCUT2D eigenvalue weighted by atomic mass is 9.75. The molecule has 7 nitrogen and oxygen atoms in total. The minimum absolute atomic E-state index is 0.0225. The van der Waals surface area contributed by atoms with E-state index in [0.717, 1.165) is 51.9 Å². The number of carboxylic acids is 1. The number of carbonyl (C=O) groups excluding carboxylic acids is 2. The number of likely N-dealkylation sites (tertiary alicyclic amines) is 1. The van der Waals surface area contributed by atoms with Crippen molar-refractivity contribution in [1.82, 2.24) is 15.5 Å². The maximum atomic E-state index is 12.8. The average molecular weight is 351 g/mol. The normalized spacial score (nSPS) is 30.2. The summed E-state index contributed by atoms with van der Waals surface area (Å²) in [6.07, 6.45) is 4.53. The number of carboxylic acid groups (broad SMARTS) is 1. The van der Waals surface area contributed by atoms with E-state index in [9.17, 15) is 14.4 Å². The Morgan fingerprint density at radius 1 is 1.20 bits per heavy atom. The van der Waals surface area contributed by atoms with Gasteiger partial charge >= 0.3 is 5.97 Å². The molecule has 0 aromatic rings. The lowest BCUT2D eigenvalue weighted by Gasteiger charge is -2.28. The summed E-state index contributed by atoms with van der Waals surface area (Å²) in [5.74, 6) is 0.0284. The van der Waals surface area contributed by atoms with Crippen molar-refractivity contribution in [2.45, 2.75) is 38.5 Å². The summed E-state index contributed by atoms with van der Waals surface area (Å²) >= 11 is 0. The first-order valence-corrected chi connectivity index (χ1v) is 9.53. The number of nitrogens with zero attached hydrogens (tertiary/aromatic N) is 1. The van der Waals surface area contributed by atoms with Crippen LogP contribution in [0.1, 0.15) is 38.5 Å². The summed E-state index contributed by atoms with van der Waals surface area (Å²) in [6.45, 7) is 3.95. The van der Waals surface area contributed by atoms with Crippen LogP contribution < -0.4 is 10.6 Å². The van der Waals surface area contributed by atoms with Crippen LogP contribution in [-0.4, -0.2) is 60.5 Å². The Hall–Kier alpha value is -1.63. The van der Waals surface area contributed by atoms with Gasteiger partial charge in [-0.15, -0.1) is 0 Å². The molecule has 3 N–H and O–H groups in total. The molecule has 1 saturated carbocycles. The summed E-state index contributed by atoms with van der Waals surface area (Å²) < 4.78 is 0. The van der Waals surface area contributed by atoms with Crippen LogP contribution in [-0.2, 0) is 14.4 Å². The molecule has 3 unspecified atom stereocenters. The van der Waals surface area contributed by atoms with Crippen LogP contribution in [0.25, 0.3) is 0 Å². The highest BCUT2D eigenvalue weighted by atomic mass is 16.4. The molecule has 0 spiro atoms. The predicted molar refractivity (Wildman–Crippen MR) is 91.8 cm³/mol. The summed E-state index contributed by atoms with van der Waals surface area (Å²) in [7, 11) is 0.